The van der Waals surface area contributed by atoms with Gasteiger partial charge in [-0.2, -0.15) is 0 Å². The quantitative estimate of drug-likeness (QED) is 0.608. The molecule has 0 amide bonds. The second kappa shape index (κ2) is 4.83. The van der Waals surface area contributed by atoms with Gasteiger partial charge in [-0.05, 0) is 47.0 Å². The highest BCUT2D eigenvalue weighted by Gasteiger charge is 2.28. The van der Waals surface area contributed by atoms with Crippen LogP contribution in [0.5, 0.6) is 0 Å². The first-order chi connectivity index (χ1) is 7.76. The lowest BCUT2D eigenvalue weighted by Gasteiger charge is -2.23. The predicted octanol–water partition coefficient (Wildman–Crippen LogP) is 3.42. The summed E-state index contributed by atoms with van der Waals surface area (Å²) >= 11 is 3.41. The van der Waals surface area contributed by atoms with Gasteiger partial charge in [-0.25, -0.2) is 0 Å². The van der Waals surface area contributed by atoms with Crippen LogP contribution < -0.4 is 4.90 Å². The molecule has 0 aliphatic heterocycles. The number of anilines is 1. The Hall–Kier alpha value is -1.09. The average Bonchev–Trinajstić information content (AvgIpc) is 3.09. The molecule has 3 heteroatoms. The first kappa shape index (κ1) is 11.4. The summed E-state index contributed by atoms with van der Waals surface area (Å²) in [5.41, 5.74) is 1.85. The number of carbonyl (C=O) groups is 1. The van der Waals surface area contributed by atoms with Crippen LogP contribution in [0.3, 0.4) is 0 Å². The molecule has 84 valence electrons. The maximum Gasteiger partial charge on any atom is 0.151 e. The normalized spacial score (nSPS) is 14.6. The summed E-state index contributed by atoms with van der Waals surface area (Å²) in [6, 6.07) is 6.50. The molecule has 1 saturated carbocycles. The number of benzene rings is 1. The Balaban J connectivity index is 2.26. The second-order valence-corrected chi connectivity index (χ2v) is 4.85. The van der Waals surface area contributed by atoms with Crippen LogP contribution in [-0.2, 0) is 0 Å². The summed E-state index contributed by atoms with van der Waals surface area (Å²) in [6.07, 6.45) is 5.28. The molecule has 0 heterocycles. The fourth-order valence-corrected chi connectivity index (χ4v) is 2.24. The zero-order valence-corrected chi connectivity index (χ0v) is 10.6. The van der Waals surface area contributed by atoms with E-state index in [0.717, 1.165) is 23.0 Å². The number of aldehydes is 1. The maximum absolute atomic E-state index is 10.7. The van der Waals surface area contributed by atoms with Gasteiger partial charge in [0.25, 0.3) is 0 Å². The Morgan fingerprint density at radius 3 is 2.75 bits per heavy atom. The molecule has 0 spiro atoms. The van der Waals surface area contributed by atoms with E-state index in [0.29, 0.717) is 11.6 Å². The smallest absolute Gasteiger partial charge is 0.151 e. The molecule has 0 N–H and O–H groups in total. The van der Waals surface area contributed by atoms with Crippen molar-refractivity contribution >= 4 is 27.9 Å². The molecule has 1 aliphatic rings. The third-order valence-corrected chi connectivity index (χ3v) is 3.44. The molecule has 1 aliphatic carbocycles. The van der Waals surface area contributed by atoms with E-state index in [1.165, 1.54) is 12.8 Å². The minimum Gasteiger partial charge on any atom is -0.365 e. The first-order valence-electron chi connectivity index (χ1n) is 5.38. The van der Waals surface area contributed by atoms with Crippen molar-refractivity contribution in [2.75, 3.05) is 11.4 Å². The highest BCUT2D eigenvalue weighted by Crippen LogP contribution is 2.33. The van der Waals surface area contributed by atoms with Gasteiger partial charge in [-0.1, -0.05) is 6.08 Å². The topological polar surface area (TPSA) is 20.3 Å². The summed E-state index contributed by atoms with van der Waals surface area (Å²) < 4.78 is 0.856. The van der Waals surface area contributed by atoms with Gasteiger partial charge in [-0.15, -0.1) is 6.58 Å². The molecule has 1 aromatic rings. The Morgan fingerprint density at radius 1 is 1.50 bits per heavy atom. The van der Waals surface area contributed by atoms with Gasteiger partial charge in [-0.3, -0.25) is 4.79 Å². The fourth-order valence-electron chi connectivity index (χ4n) is 1.78. The number of rotatable bonds is 5. The molecule has 0 aromatic heterocycles. The van der Waals surface area contributed by atoms with E-state index in [9.17, 15) is 4.79 Å². The van der Waals surface area contributed by atoms with Crippen LogP contribution in [0, 0.1) is 0 Å². The van der Waals surface area contributed by atoms with Crippen LogP contribution in [-0.4, -0.2) is 18.9 Å². The average molecular weight is 280 g/mol. The third-order valence-electron chi connectivity index (χ3n) is 2.76. The standard InChI is InChI=1S/C13H14BrNO/c1-2-7-15(11-5-6-11)12-4-3-10(9-16)13(14)8-12/h2-4,8-9,11H,1,5-7H2. The minimum atomic E-state index is 0.645. The van der Waals surface area contributed by atoms with Gasteiger partial charge in [0, 0.05) is 28.3 Å². The zero-order valence-electron chi connectivity index (χ0n) is 9.03. The van der Waals surface area contributed by atoms with E-state index in [1.54, 1.807) is 0 Å². The van der Waals surface area contributed by atoms with Crippen LogP contribution in [0.15, 0.2) is 35.3 Å². The highest BCUT2D eigenvalue weighted by atomic mass is 79.9. The lowest BCUT2D eigenvalue weighted by molar-refractivity contribution is 0.112. The van der Waals surface area contributed by atoms with Crippen molar-refractivity contribution in [1.82, 2.24) is 0 Å². The molecule has 0 bridgehead atoms. The molecule has 1 aromatic carbocycles. The number of carbonyl (C=O) groups excluding carboxylic acids is 1. The van der Waals surface area contributed by atoms with Gasteiger partial charge in [0.2, 0.25) is 0 Å². The first-order valence-corrected chi connectivity index (χ1v) is 6.18. The number of hydrogen-bond donors (Lipinski definition) is 0. The van der Waals surface area contributed by atoms with Crippen LogP contribution in [0.2, 0.25) is 0 Å². The van der Waals surface area contributed by atoms with Crippen molar-refractivity contribution in [2.45, 2.75) is 18.9 Å². The maximum atomic E-state index is 10.7. The molecule has 0 unspecified atom stereocenters. The van der Waals surface area contributed by atoms with Crippen molar-refractivity contribution in [1.29, 1.82) is 0 Å². The lowest BCUT2D eigenvalue weighted by atomic mass is 10.2. The molecule has 0 radical (unpaired) electrons. The van der Waals surface area contributed by atoms with Crippen molar-refractivity contribution in [3.8, 4) is 0 Å². The monoisotopic (exact) mass is 279 g/mol. The summed E-state index contributed by atoms with van der Waals surface area (Å²) in [5.74, 6) is 0. The highest BCUT2D eigenvalue weighted by molar-refractivity contribution is 9.10. The number of nitrogens with zero attached hydrogens (tertiary/aromatic N) is 1. The van der Waals surface area contributed by atoms with Crippen LogP contribution >= 0.6 is 15.9 Å². The summed E-state index contributed by atoms with van der Waals surface area (Å²) in [4.78, 5) is 13.0. The van der Waals surface area contributed by atoms with E-state index >= 15 is 0 Å². The van der Waals surface area contributed by atoms with Gasteiger partial charge in [0.1, 0.15) is 0 Å². The SMILES string of the molecule is C=CCN(c1ccc(C=O)c(Br)c1)C1CC1. The van der Waals surface area contributed by atoms with Gasteiger partial charge in [0.15, 0.2) is 6.29 Å². The van der Waals surface area contributed by atoms with Crippen LogP contribution in [0.4, 0.5) is 5.69 Å². The molecule has 2 rings (SSSR count). The summed E-state index contributed by atoms with van der Waals surface area (Å²) in [7, 11) is 0. The summed E-state index contributed by atoms with van der Waals surface area (Å²) in [5, 5.41) is 0. The number of hydrogen-bond acceptors (Lipinski definition) is 2. The Kier molecular flexibility index (Phi) is 3.44. The molecule has 1 fully saturated rings. The Labute approximate surface area is 104 Å². The van der Waals surface area contributed by atoms with Crippen molar-refractivity contribution in [3.63, 3.8) is 0 Å². The van der Waals surface area contributed by atoms with Gasteiger partial charge < -0.3 is 4.90 Å². The van der Waals surface area contributed by atoms with E-state index in [4.69, 9.17) is 0 Å². The van der Waals surface area contributed by atoms with Crippen molar-refractivity contribution in [2.24, 2.45) is 0 Å². The molecular formula is C13H14BrNO. The second-order valence-electron chi connectivity index (χ2n) is 4.00. The molecular weight excluding hydrogens is 266 g/mol. The predicted molar refractivity (Wildman–Crippen MR) is 70.1 cm³/mol. The summed E-state index contributed by atoms with van der Waals surface area (Å²) in [6.45, 7) is 4.64. The van der Waals surface area contributed by atoms with Crippen molar-refractivity contribution < 1.29 is 4.79 Å². The third kappa shape index (κ3) is 2.35. The van der Waals surface area contributed by atoms with Crippen molar-refractivity contribution in [3.05, 3.63) is 40.9 Å². The molecule has 2 nitrogen and oxygen atoms in total. The van der Waals surface area contributed by atoms with Gasteiger partial charge >= 0.3 is 0 Å². The minimum absolute atomic E-state index is 0.645. The van der Waals surface area contributed by atoms with Gasteiger partial charge in [0.05, 0.1) is 0 Å². The zero-order chi connectivity index (χ0) is 11.5. The van der Waals surface area contributed by atoms with E-state index in [1.807, 2.05) is 24.3 Å². The lowest BCUT2D eigenvalue weighted by Crippen LogP contribution is -2.25. The fraction of sp³-hybridized carbons (Fsp3) is 0.308. The van der Waals surface area contributed by atoms with Crippen LogP contribution in [0.1, 0.15) is 23.2 Å². The Morgan fingerprint density at radius 2 is 2.25 bits per heavy atom. The van der Waals surface area contributed by atoms with Crippen LogP contribution in [0.25, 0.3) is 0 Å². The van der Waals surface area contributed by atoms with E-state index < -0.39 is 0 Å². The largest absolute Gasteiger partial charge is 0.365 e. The number of halogens is 1. The Bertz CT molecular complexity index is 412. The van der Waals surface area contributed by atoms with E-state index in [2.05, 4.69) is 27.4 Å². The molecule has 16 heavy (non-hydrogen) atoms. The van der Waals surface area contributed by atoms with E-state index in [-0.39, 0.29) is 0 Å². The molecule has 0 atom stereocenters. The molecule has 0 saturated heterocycles.